The molecule has 0 aliphatic rings. The number of pyridine rings is 1. The molecule has 3 rings (SSSR count). The van der Waals surface area contributed by atoms with Crippen molar-refractivity contribution in [1.29, 1.82) is 0 Å². The number of nitrogens with one attached hydrogen (secondary N) is 2. The molecule has 5 heteroatoms. The minimum Gasteiger partial charge on any atom is -0.345 e. The molecule has 0 saturated heterocycles. The van der Waals surface area contributed by atoms with E-state index >= 15 is 0 Å². The van der Waals surface area contributed by atoms with Crippen LogP contribution < -0.4 is 10.9 Å². The minimum absolute atomic E-state index is 0.122. The van der Waals surface area contributed by atoms with Gasteiger partial charge in [-0.25, -0.2) is 0 Å². The van der Waals surface area contributed by atoms with Gasteiger partial charge in [0.2, 0.25) is 0 Å². The molecule has 1 atom stereocenters. The van der Waals surface area contributed by atoms with Gasteiger partial charge in [-0.05, 0) is 35.9 Å². The van der Waals surface area contributed by atoms with E-state index < -0.39 is 0 Å². The quantitative estimate of drug-likeness (QED) is 0.780. The van der Waals surface area contributed by atoms with Crippen LogP contribution in [0.4, 0.5) is 0 Å². The Morgan fingerprint density at radius 3 is 2.81 bits per heavy atom. The normalized spacial score (nSPS) is 12.2. The Kier molecular flexibility index (Phi) is 3.58. The zero-order valence-electron chi connectivity index (χ0n) is 11.4. The van der Waals surface area contributed by atoms with E-state index in [1.807, 2.05) is 48.7 Å². The Morgan fingerprint density at radius 2 is 2.05 bits per heavy atom. The number of benzene rings is 1. The van der Waals surface area contributed by atoms with Gasteiger partial charge in [0.05, 0.1) is 6.04 Å². The standard InChI is InChI=1S/C16H14N2O2S/c1-10(14-7-4-8-21-14)17-15(19)12-9-11-5-2-3-6-13(11)18-16(12)20/h2-10H,1H3,(H,17,19)(H,18,20). The molecule has 0 aliphatic carbocycles. The van der Waals surface area contributed by atoms with Crippen LogP contribution in [-0.4, -0.2) is 10.9 Å². The van der Waals surface area contributed by atoms with Crippen LogP contribution in [0.25, 0.3) is 10.9 Å². The lowest BCUT2D eigenvalue weighted by Gasteiger charge is -2.12. The fourth-order valence-electron chi connectivity index (χ4n) is 2.20. The maximum absolute atomic E-state index is 12.3. The lowest BCUT2D eigenvalue weighted by Crippen LogP contribution is -2.31. The van der Waals surface area contributed by atoms with E-state index in [0.29, 0.717) is 0 Å². The molecule has 2 N–H and O–H groups in total. The molecule has 0 bridgehead atoms. The first-order chi connectivity index (χ1) is 10.1. The van der Waals surface area contributed by atoms with Gasteiger partial charge < -0.3 is 10.3 Å². The van der Waals surface area contributed by atoms with Gasteiger partial charge in [0.15, 0.2) is 0 Å². The third-order valence-corrected chi connectivity index (χ3v) is 4.37. The first-order valence-electron chi connectivity index (χ1n) is 6.61. The van der Waals surface area contributed by atoms with E-state index in [4.69, 9.17) is 0 Å². The third-order valence-electron chi connectivity index (χ3n) is 3.32. The molecule has 0 radical (unpaired) electrons. The summed E-state index contributed by atoms with van der Waals surface area (Å²) in [5.41, 5.74) is 0.493. The number of amides is 1. The fourth-order valence-corrected chi connectivity index (χ4v) is 2.93. The SMILES string of the molecule is CC(NC(=O)c1cc2ccccc2[nH]c1=O)c1cccs1. The highest BCUT2D eigenvalue weighted by molar-refractivity contribution is 7.10. The van der Waals surface area contributed by atoms with Crippen molar-refractivity contribution in [3.05, 3.63) is 68.6 Å². The van der Waals surface area contributed by atoms with Crippen molar-refractivity contribution in [2.45, 2.75) is 13.0 Å². The zero-order valence-corrected chi connectivity index (χ0v) is 12.2. The number of carbonyl (C=O) groups is 1. The lowest BCUT2D eigenvalue weighted by atomic mass is 10.1. The molecule has 0 saturated carbocycles. The van der Waals surface area contributed by atoms with Crippen LogP contribution in [0.5, 0.6) is 0 Å². The van der Waals surface area contributed by atoms with Gasteiger partial charge >= 0.3 is 0 Å². The van der Waals surface area contributed by atoms with Crippen LogP contribution in [0.15, 0.2) is 52.6 Å². The summed E-state index contributed by atoms with van der Waals surface area (Å²) in [7, 11) is 0. The zero-order chi connectivity index (χ0) is 14.8. The smallest absolute Gasteiger partial charge is 0.261 e. The average molecular weight is 298 g/mol. The maximum Gasteiger partial charge on any atom is 0.261 e. The molecule has 1 amide bonds. The number of H-pyrrole nitrogens is 1. The summed E-state index contributed by atoms with van der Waals surface area (Å²) in [4.78, 5) is 28.1. The summed E-state index contributed by atoms with van der Waals surface area (Å²) in [6.45, 7) is 1.90. The fraction of sp³-hybridized carbons (Fsp3) is 0.125. The number of hydrogen-bond donors (Lipinski definition) is 2. The molecule has 106 valence electrons. The number of rotatable bonds is 3. The summed E-state index contributed by atoms with van der Waals surface area (Å²) in [5, 5.41) is 5.65. The minimum atomic E-state index is -0.371. The van der Waals surface area contributed by atoms with E-state index in [1.54, 1.807) is 17.4 Å². The highest BCUT2D eigenvalue weighted by Gasteiger charge is 2.15. The second kappa shape index (κ2) is 5.54. The Morgan fingerprint density at radius 1 is 1.24 bits per heavy atom. The first-order valence-corrected chi connectivity index (χ1v) is 7.49. The summed E-state index contributed by atoms with van der Waals surface area (Å²) in [5.74, 6) is -0.358. The number of thiophene rings is 1. The number of para-hydroxylation sites is 1. The highest BCUT2D eigenvalue weighted by atomic mass is 32.1. The third kappa shape index (κ3) is 2.73. The van der Waals surface area contributed by atoms with E-state index in [2.05, 4.69) is 10.3 Å². The van der Waals surface area contributed by atoms with Crippen molar-refractivity contribution in [2.75, 3.05) is 0 Å². The van der Waals surface area contributed by atoms with Gasteiger partial charge in [-0.2, -0.15) is 0 Å². The van der Waals surface area contributed by atoms with Crippen molar-refractivity contribution in [3.8, 4) is 0 Å². The molecule has 0 spiro atoms. The summed E-state index contributed by atoms with van der Waals surface area (Å²) in [6.07, 6.45) is 0. The van der Waals surface area contributed by atoms with Gasteiger partial charge in [0, 0.05) is 10.4 Å². The van der Waals surface area contributed by atoms with Gasteiger partial charge in [-0.15, -0.1) is 11.3 Å². The Hall–Kier alpha value is -2.40. The Balaban J connectivity index is 1.91. The van der Waals surface area contributed by atoms with Crippen molar-refractivity contribution in [3.63, 3.8) is 0 Å². The van der Waals surface area contributed by atoms with Crippen LogP contribution in [0.3, 0.4) is 0 Å². The maximum atomic E-state index is 12.3. The molecular weight excluding hydrogens is 284 g/mol. The molecule has 2 aromatic heterocycles. The second-order valence-electron chi connectivity index (χ2n) is 4.81. The van der Waals surface area contributed by atoms with Crippen molar-refractivity contribution < 1.29 is 4.79 Å². The Bertz CT molecular complexity index is 837. The predicted octanol–water partition coefficient (Wildman–Crippen LogP) is 3.08. The second-order valence-corrected chi connectivity index (χ2v) is 5.79. The Labute approximate surface area is 125 Å². The van der Waals surface area contributed by atoms with Crippen molar-refractivity contribution >= 4 is 28.1 Å². The molecule has 0 aliphatic heterocycles. The molecular formula is C16H14N2O2S. The van der Waals surface area contributed by atoms with E-state index in [9.17, 15) is 9.59 Å². The molecule has 3 aromatic rings. The van der Waals surface area contributed by atoms with Crippen LogP contribution in [0, 0.1) is 0 Å². The average Bonchev–Trinajstić information content (AvgIpc) is 3.00. The van der Waals surface area contributed by atoms with Crippen LogP contribution >= 0.6 is 11.3 Å². The topological polar surface area (TPSA) is 62.0 Å². The van der Waals surface area contributed by atoms with Gasteiger partial charge in [0.25, 0.3) is 11.5 Å². The summed E-state index contributed by atoms with van der Waals surface area (Å²) < 4.78 is 0. The van der Waals surface area contributed by atoms with Crippen LogP contribution in [0.2, 0.25) is 0 Å². The number of fused-ring (bicyclic) bond motifs is 1. The van der Waals surface area contributed by atoms with Gasteiger partial charge in [0.1, 0.15) is 5.56 Å². The van der Waals surface area contributed by atoms with Gasteiger partial charge in [-0.3, -0.25) is 9.59 Å². The largest absolute Gasteiger partial charge is 0.345 e. The van der Waals surface area contributed by atoms with E-state index in [1.165, 1.54) is 0 Å². The molecule has 2 heterocycles. The van der Waals surface area contributed by atoms with E-state index in [-0.39, 0.29) is 23.1 Å². The molecule has 1 aromatic carbocycles. The van der Waals surface area contributed by atoms with Crippen LogP contribution in [0.1, 0.15) is 28.2 Å². The number of hydrogen-bond acceptors (Lipinski definition) is 3. The highest BCUT2D eigenvalue weighted by Crippen LogP contribution is 2.18. The lowest BCUT2D eigenvalue weighted by molar-refractivity contribution is 0.0939. The van der Waals surface area contributed by atoms with Crippen molar-refractivity contribution in [2.24, 2.45) is 0 Å². The molecule has 4 nitrogen and oxygen atoms in total. The van der Waals surface area contributed by atoms with E-state index in [0.717, 1.165) is 15.8 Å². The molecule has 1 unspecified atom stereocenters. The number of aromatic nitrogens is 1. The number of aromatic amines is 1. The monoisotopic (exact) mass is 298 g/mol. The summed E-state index contributed by atoms with van der Waals surface area (Å²) in [6, 6.07) is 12.8. The predicted molar refractivity (Wildman–Crippen MR) is 84.8 cm³/mol. The van der Waals surface area contributed by atoms with Gasteiger partial charge in [-0.1, -0.05) is 24.3 Å². The first kappa shape index (κ1) is 13.6. The number of carbonyl (C=O) groups excluding carboxylic acids is 1. The van der Waals surface area contributed by atoms with Crippen LogP contribution in [-0.2, 0) is 0 Å². The molecule has 0 fully saturated rings. The molecule has 21 heavy (non-hydrogen) atoms. The summed E-state index contributed by atoms with van der Waals surface area (Å²) >= 11 is 1.57. The van der Waals surface area contributed by atoms with Crippen molar-refractivity contribution in [1.82, 2.24) is 10.3 Å².